The van der Waals surface area contributed by atoms with Gasteiger partial charge < -0.3 is 0 Å². The topological polar surface area (TPSA) is 51.6 Å². The van der Waals surface area contributed by atoms with Crippen LogP contribution >= 0.6 is 0 Å². The number of pyridine rings is 1. The van der Waals surface area contributed by atoms with E-state index in [1.54, 1.807) is 0 Å². The molecule has 0 saturated heterocycles. The Labute approximate surface area is 335 Å². The normalized spacial score (nSPS) is 11.4. The second kappa shape index (κ2) is 14.0. The molecule has 0 amide bonds. The van der Waals surface area contributed by atoms with Crippen molar-refractivity contribution in [1.29, 1.82) is 0 Å². The van der Waals surface area contributed by atoms with E-state index in [-0.39, 0.29) is 0 Å². The van der Waals surface area contributed by atoms with Crippen LogP contribution in [0.15, 0.2) is 206 Å². The quantitative estimate of drug-likeness (QED) is 0.159. The molecule has 270 valence electrons. The fourth-order valence-corrected chi connectivity index (χ4v) is 8.12. The second-order valence-corrected chi connectivity index (χ2v) is 14.7. The van der Waals surface area contributed by atoms with Gasteiger partial charge in [0, 0.05) is 33.0 Å². The van der Waals surface area contributed by atoms with Crippen molar-refractivity contribution in [3.63, 3.8) is 0 Å². The first kappa shape index (κ1) is 33.5. The van der Waals surface area contributed by atoms with E-state index >= 15 is 0 Å². The largest absolute Gasteiger partial charge is 0.247 e. The van der Waals surface area contributed by atoms with Crippen molar-refractivity contribution in [3.8, 4) is 67.7 Å². The Morgan fingerprint density at radius 2 is 0.672 bits per heavy atom. The Morgan fingerprint density at radius 3 is 1.28 bits per heavy atom. The number of aromatic nitrogens is 4. The van der Waals surface area contributed by atoms with Crippen molar-refractivity contribution in [2.75, 3.05) is 0 Å². The highest BCUT2D eigenvalue weighted by Gasteiger charge is 2.18. The molecule has 2 aromatic heterocycles. The fraction of sp³-hybridized carbons (Fsp3) is 0. The van der Waals surface area contributed by atoms with Crippen LogP contribution in [0, 0.1) is 0 Å². The molecule has 0 unspecified atom stereocenters. The van der Waals surface area contributed by atoms with Gasteiger partial charge >= 0.3 is 0 Å². The van der Waals surface area contributed by atoms with Crippen LogP contribution in [0.25, 0.3) is 111 Å². The van der Waals surface area contributed by atoms with E-state index in [0.29, 0.717) is 17.5 Å². The molecule has 0 saturated carbocycles. The summed E-state index contributed by atoms with van der Waals surface area (Å²) in [6.07, 6.45) is 0. The molecule has 0 N–H and O–H groups in total. The van der Waals surface area contributed by atoms with Crippen molar-refractivity contribution in [2.45, 2.75) is 0 Å². The first-order chi connectivity index (χ1) is 28.7. The summed E-state index contributed by atoms with van der Waals surface area (Å²) < 4.78 is 0. The number of fused-ring (bicyclic) bond motifs is 5. The van der Waals surface area contributed by atoms with Crippen LogP contribution in [0.1, 0.15) is 0 Å². The summed E-state index contributed by atoms with van der Waals surface area (Å²) in [4.78, 5) is 20.4. The highest BCUT2D eigenvalue weighted by atomic mass is 15.0. The lowest BCUT2D eigenvalue weighted by molar-refractivity contribution is 1.07. The summed E-state index contributed by atoms with van der Waals surface area (Å²) in [6.45, 7) is 0. The van der Waals surface area contributed by atoms with E-state index in [9.17, 15) is 0 Å². The van der Waals surface area contributed by atoms with Crippen LogP contribution in [-0.2, 0) is 0 Å². The second-order valence-electron chi connectivity index (χ2n) is 14.7. The summed E-state index contributed by atoms with van der Waals surface area (Å²) in [5.74, 6) is 1.91. The van der Waals surface area contributed by atoms with Gasteiger partial charge in [0.25, 0.3) is 0 Å². The summed E-state index contributed by atoms with van der Waals surface area (Å²) in [6, 6.07) is 72.5. The first-order valence-electron chi connectivity index (χ1n) is 19.5. The molecule has 11 aromatic rings. The van der Waals surface area contributed by atoms with Gasteiger partial charge in [-0.15, -0.1) is 0 Å². The molecule has 4 heteroatoms. The van der Waals surface area contributed by atoms with E-state index in [0.717, 1.165) is 55.4 Å². The maximum absolute atomic E-state index is 5.47. The number of nitrogens with zero attached hydrogens (tertiary/aromatic N) is 4. The van der Waals surface area contributed by atoms with Crippen molar-refractivity contribution in [2.24, 2.45) is 0 Å². The standard InChI is InChI=1S/C54H34N4/c1-3-15-38(16-4-1)52-56-53(39-17-5-2-6-18-39)58-54(57-52)40-27-25-37(26-28-40)48-34-50(44-30-24-36-14-8-10-20-42(36)32-44)55-51-46-22-12-11-21-45(46)47(33-49(48)51)43-29-23-35-13-7-9-19-41(35)31-43/h1-34H. The SMILES string of the molecule is c1ccc(-c2nc(-c3ccccc3)nc(-c3ccc(-c4cc(-c5ccc6ccccc6c5)nc5c4cc(-c4ccc6ccccc6c4)c4ccccc45)cc3)n2)cc1. The Bertz CT molecular complexity index is 3260. The summed E-state index contributed by atoms with van der Waals surface area (Å²) >= 11 is 0. The zero-order valence-electron chi connectivity index (χ0n) is 31.4. The van der Waals surface area contributed by atoms with Crippen LogP contribution in [-0.4, -0.2) is 19.9 Å². The lowest BCUT2D eigenvalue weighted by Crippen LogP contribution is -2.00. The molecule has 58 heavy (non-hydrogen) atoms. The average molecular weight is 739 g/mol. The zero-order valence-corrected chi connectivity index (χ0v) is 31.4. The van der Waals surface area contributed by atoms with Crippen LogP contribution in [0.4, 0.5) is 0 Å². The van der Waals surface area contributed by atoms with Gasteiger partial charge in [-0.05, 0) is 73.5 Å². The van der Waals surface area contributed by atoms with E-state index in [2.05, 4.69) is 146 Å². The van der Waals surface area contributed by atoms with Gasteiger partial charge in [-0.25, -0.2) is 19.9 Å². The number of benzene rings is 9. The molecular formula is C54H34N4. The van der Waals surface area contributed by atoms with Gasteiger partial charge in [0.05, 0.1) is 11.2 Å². The Hall–Kier alpha value is -7.82. The minimum atomic E-state index is 0.625. The van der Waals surface area contributed by atoms with Gasteiger partial charge in [-0.3, -0.25) is 0 Å². The van der Waals surface area contributed by atoms with E-state index in [1.165, 1.54) is 38.1 Å². The minimum absolute atomic E-state index is 0.625. The van der Waals surface area contributed by atoms with Crippen molar-refractivity contribution in [3.05, 3.63) is 206 Å². The van der Waals surface area contributed by atoms with Crippen LogP contribution in [0.2, 0.25) is 0 Å². The summed E-state index contributed by atoms with van der Waals surface area (Å²) in [7, 11) is 0. The Morgan fingerprint density at radius 1 is 0.241 bits per heavy atom. The predicted octanol–water partition coefficient (Wildman–Crippen LogP) is 13.9. The third-order valence-electron chi connectivity index (χ3n) is 11.1. The summed E-state index contributed by atoms with van der Waals surface area (Å²) in [5.41, 5.74) is 10.3. The highest BCUT2D eigenvalue weighted by molar-refractivity contribution is 6.16. The fourth-order valence-electron chi connectivity index (χ4n) is 8.12. The summed E-state index contributed by atoms with van der Waals surface area (Å²) in [5, 5.41) is 8.22. The van der Waals surface area contributed by atoms with Gasteiger partial charge in [0.1, 0.15) is 0 Å². The molecular weight excluding hydrogens is 705 g/mol. The van der Waals surface area contributed by atoms with Crippen molar-refractivity contribution >= 4 is 43.2 Å². The molecule has 0 atom stereocenters. The average Bonchev–Trinajstić information content (AvgIpc) is 3.31. The van der Waals surface area contributed by atoms with Crippen LogP contribution in [0.5, 0.6) is 0 Å². The third kappa shape index (κ3) is 6.05. The predicted molar refractivity (Wildman–Crippen MR) is 240 cm³/mol. The smallest absolute Gasteiger partial charge is 0.164 e. The third-order valence-corrected chi connectivity index (χ3v) is 11.1. The molecule has 9 aromatic carbocycles. The van der Waals surface area contributed by atoms with E-state index < -0.39 is 0 Å². The number of rotatable bonds is 6. The lowest BCUT2D eigenvalue weighted by atomic mass is 9.90. The monoisotopic (exact) mass is 738 g/mol. The molecule has 0 fully saturated rings. The molecule has 0 bridgehead atoms. The van der Waals surface area contributed by atoms with E-state index in [4.69, 9.17) is 19.9 Å². The molecule has 11 rings (SSSR count). The van der Waals surface area contributed by atoms with Crippen molar-refractivity contribution < 1.29 is 0 Å². The number of hydrogen-bond acceptors (Lipinski definition) is 4. The van der Waals surface area contributed by atoms with Crippen LogP contribution < -0.4 is 0 Å². The zero-order chi connectivity index (χ0) is 38.4. The maximum Gasteiger partial charge on any atom is 0.164 e. The van der Waals surface area contributed by atoms with Gasteiger partial charge in [0.15, 0.2) is 17.5 Å². The molecule has 0 radical (unpaired) electrons. The molecule has 0 aliphatic heterocycles. The Kier molecular flexibility index (Phi) is 8.11. The first-order valence-corrected chi connectivity index (χ1v) is 19.5. The minimum Gasteiger partial charge on any atom is -0.247 e. The van der Waals surface area contributed by atoms with Gasteiger partial charge in [-0.2, -0.15) is 0 Å². The van der Waals surface area contributed by atoms with E-state index in [1.807, 2.05) is 60.7 Å². The maximum atomic E-state index is 5.47. The molecule has 4 nitrogen and oxygen atoms in total. The molecule has 0 aliphatic rings. The molecule has 0 spiro atoms. The molecule has 2 heterocycles. The Balaban J connectivity index is 1.12. The molecule has 0 aliphatic carbocycles. The van der Waals surface area contributed by atoms with Crippen molar-refractivity contribution in [1.82, 2.24) is 19.9 Å². The van der Waals surface area contributed by atoms with Gasteiger partial charge in [0.2, 0.25) is 0 Å². The van der Waals surface area contributed by atoms with Gasteiger partial charge in [-0.1, -0.05) is 182 Å². The lowest BCUT2D eigenvalue weighted by Gasteiger charge is -2.16. The highest BCUT2D eigenvalue weighted by Crippen LogP contribution is 2.41. The number of hydrogen-bond donors (Lipinski definition) is 0. The van der Waals surface area contributed by atoms with Crippen LogP contribution in [0.3, 0.4) is 0 Å².